The molecule has 0 radical (unpaired) electrons. The lowest BCUT2D eigenvalue weighted by Gasteiger charge is -2.28. The number of morpholine rings is 1. The number of H-pyrrole nitrogens is 1. The standard InChI is InChI=1S/C25H25N5O3S/c1-32-21-7-2-16(15-22(21)34-26)20-14-17-8-9-27-25(31)23(17)24(29-20)28-18-3-5-19(6-4-18)30-10-12-33-13-11-30/h2-9,14-15H,10-13,26H2,1H3,(H,27,31)(H,28,29). The van der Waals surface area contributed by atoms with Crippen LogP contribution in [0, 0.1) is 0 Å². The zero-order chi connectivity index (χ0) is 23.5. The van der Waals surface area contributed by atoms with E-state index in [1.54, 1.807) is 13.3 Å². The Balaban J connectivity index is 1.53. The summed E-state index contributed by atoms with van der Waals surface area (Å²) in [5.41, 5.74) is 3.39. The average molecular weight is 476 g/mol. The van der Waals surface area contributed by atoms with Gasteiger partial charge in [0.15, 0.2) is 0 Å². The second-order valence-electron chi connectivity index (χ2n) is 7.88. The molecule has 0 aliphatic carbocycles. The summed E-state index contributed by atoms with van der Waals surface area (Å²) >= 11 is 1.12. The molecule has 1 fully saturated rings. The lowest BCUT2D eigenvalue weighted by atomic mass is 10.1. The van der Waals surface area contributed by atoms with E-state index < -0.39 is 0 Å². The van der Waals surface area contributed by atoms with Crippen LogP contribution in [-0.2, 0) is 4.74 Å². The van der Waals surface area contributed by atoms with Crippen LogP contribution in [0.25, 0.3) is 22.0 Å². The molecule has 4 N–H and O–H groups in total. The normalized spacial score (nSPS) is 13.8. The van der Waals surface area contributed by atoms with Crippen LogP contribution in [0.5, 0.6) is 5.75 Å². The van der Waals surface area contributed by atoms with Gasteiger partial charge in [0.2, 0.25) is 0 Å². The number of nitrogens with two attached hydrogens (primary N) is 1. The summed E-state index contributed by atoms with van der Waals surface area (Å²) < 4.78 is 10.8. The number of rotatable bonds is 6. The van der Waals surface area contributed by atoms with Gasteiger partial charge in [0.1, 0.15) is 11.6 Å². The van der Waals surface area contributed by atoms with Crippen molar-refractivity contribution in [2.75, 3.05) is 43.6 Å². The fourth-order valence-electron chi connectivity index (χ4n) is 4.09. The highest BCUT2D eigenvalue weighted by Crippen LogP contribution is 2.33. The number of benzene rings is 2. The smallest absolute Gasteiger partial charge is 0.259 e. The van der Waals surface area contributed by atoms with Gasteiger partial charge in [-0.25, -0.2) is 4.98 Å². The number of nitrogens with one attached hydrogen (secondary N) is 2. The van der Waals surface area contributed by atoms with Crippen LogP contribution in [0.2, 0.25) is 0 Å². The number of ether oxygens (including phenoxy) is 2. The van der Waals surface area contributed by atoms with E-state index in [0.717, 1.165) is 71.2 Å². The lowest BCUT2D eigenvalue weighted by molar-refractivity contribution is 0.122. The third-order valence-electron chi connectivity index (χ3n) is 5.85. The minimum atomic E-state index is -0.197. The van der Waals surface area contributed by atoms with E-state index in [4.69, 9.17) is 19.6 Å². The zero-order valence-electron chi connectivity index (χ0n) is 18.7. The Kier molecular flexibility index (Phi) is 6.39. The fraction of sp³-hybridized carbons (Fsp3) is 0.200. The Labute approximate surface area is 201 Å². The second-order valence-corrected chi connectivity index (χ2v) is 8.56. The van der Waals surface area contributed by atoms with Crippen molar-refractivity contribution < 1.29 is 9.47 Å². The van der Waals surface area contributed by atoms with Crippen molar-refractivity contribution in [3.63, 3.8) is 0 Å². The Bertz CT molecular complexity index is 1370. The van der Waals surface area contributed by atoms with Gasteiger partial charge in [0, 0.05) is 36.2 Å². The van der Waals surface area contributed by atoms with Crippen molar-refractivity contribution in [3.8, 4) is 17.0 Å². The molecule has 5 rings (SSSR count). The summed E-state index contributed by atoms with van der Waals surface area (Å²) in [6, 6.07) is 17.6. The third kappa shape index (κ3) is 4.45. The average Bonchev–Trinajstić information content (AvgIpc) is 2.89. The molecule has 2 aromatic heterocycles. The van der Waals surface area contributed by atoms with Gasteiger partial charge in [-0.3, -0.25) is 9.93 Å². The number of pyridine rings is 2. The van der Waals surface area contributed by atoms with E-state index in [1.165, 1.54) is 0 Å². The molecule has 4 aromatic rings. The maximum absolute atomic E-state index is 12.7. The van der Waals surface area contributed by atoms with Crippen molar-refractivity contribution >= 4 is 39.9 Å². The predicted octanol–water partition coefficient (Wildman–Crippen LogP) is 4.14. The Hall–Kier alpha value is -3.53. The molecule has 2 aromatic carbocycles. The van der Waals surface area contributed by atoms with Gasteiger partial charge >= 0.3 is 0 Å². The van der Waals surface area contributed by atoms with Gasteiger partial charge in [-0.05, 0) is 71.9 Å². The van der Waals surface area contributed by atoms with Crippen LogP contribution < -0.4 is 25.7 Å². The lowest BCUT2D eigenvalue weighted by Crippen LogP contribution is -2.36. The van der Waals surface area contributed by atoms with E-state index in [9.17, 15) is 4.79 Å². The molecule has 174 valence electrons. The topological polar surface area (TPSA) is 106 Å². The van der Waals surface area contributed by atoms with Crippen molar-refractivity contribution in [2.24, 2.45) is 5.14 Å². The zero-order valence-corrected chi connectivity index (χ0v) is 19.5. The number of aromatic nitrogens is 2. The molecule has 34 heavy (non-hydrogen) atoms. The first kappa shape index (κ1) is 22.3. The summed E-state index contributed by atoms with van der Waals surface area (Å²) in [5, 5.41) is 10.5. The molecule has 1 saturated heterocycles. The molecular formula is C25H25N5O3S. The minimum Gasteiger partial charge on any atom is -0.496 e. The number of aromatic amines is 1. The maximum Gasteiger partial charge on any atom is 0.259 e. The fourth-order valence-corrected chi connectivity index (χ4v) is 4.56. The molecule has 8 nitrogen and oxygen atoms in total. The summed E-state index contributed by atoms with van der Waals surface area (Å²) in [7, 11) is 1.61. The summed E-state index contributed by atoms with van der Waals surface area (Å²) in [6.45, 7) is 3.23. The van der Waals surface area contributed by atoms with E-state index in [1.807, 2.05) is 42.5 Å². The van der Waals surface area contributed by atoms with Crippen LogP contribution in [-0.4, -0.2) is 43.4 Å². The molecule has 3 heterocycles. The van der Waals surface area contributed by atoms with Crippen LogP contribution in [0.1, 0.15) is 0 Å². The molecular weight excluding hydrogens is 450 g/mol. The van der Waals surface area contributed by atoms with Crippen LogP contribution >= 0.6 is 11.9 Å². The molecule has 9 heteroatoms. The van der Waals surface area contributed by atoms with E-state index in [-0.39, 0.29) is 5.56 Å². The maximum atomic E-state index is 12.7. The number of methoxy groups -OCH3 is 1. The quantitative estimate of drug-likeness (QED) is 0.357. The van der Waals surface area contributed by atoms with Crippen molar-refractivity contribution in [1.29, 1.82) is 0 Å². The molecule has 1 aliphatic heterocycles. The highest BCUT2D eigenvalue weighted by atomic mass is 32.2. The molecule has 0 bridgehead atoms. The van der Waals surface area contributed by atoms with E-state index in [0.29, 0.717) is 17.0 Å². The Morgan fingerprint density at radius 2 is 1.91 bits per heavy atom. The monoisotopic (exact) mass is 475 g/mol. The SMILES string of the molecule is COc1ccc(-c2cc3cc[nH]c(=O)c3c(Nc3ccc(N4CCOCC4)cc3)n2)cc1SN. The Morgan fingerprint density at radius 3 is 2.65 bits per heavy atom. The summed E-state index contributed by atoms with van der Waals surface area (Å²) in [6.07, 6.45) is 1.64. The first-order chi connectivity index (χ1) is 16.7. The third-order valence-corrected chi connectivity index (χ3v) is 6.42. The predicted molar refractivity (Wildman–Crippen MR) is 137 cm³/mol. The first-order valence-corrected chi connectivity index (χ1v) is 11.8. The molecule has 0 unspecified atom stereocenters. The number of nitrogens with zero attached hydrogens (tertiary/aromatic N) is 2. The first-order valence-electron chi connectivity index (χ1n) is 10.9. The van der Waals surface area contributed by atoms with Gasteiger partial charge in [-0.2, -0.15) is 0 Å². The highest BCUT2D eigenvalue weighted by Gasteiger charge is 2.14. The number of fused-ring (bicyclic) bond motifs is 1. The summed E-state index contributed by atoms with van der Waals surface area (Å²) in [4.78, 5) is 23.4. The second kappa shape index (κ2) is 9.76. The van der Waals surface area contributed by atoms with Crippen molar-refractivity contribution in [1.82, 2.24) is 9.97 Å². The van der Waals surface area contributed by atoms with Crippen molar-refractivity contribution in [2.45, 2.75) is 4.90 Å². The number of hydrogen-bond donors (Lipinski definition) is 3. The van der Waals surface area contributed by atoms with Crippen molar-refractivity contribution in [3.05, 3.63) is 71.1 Å². The van der Waals surface area contributed by atoms with Gasteiger partial charge < -0.3 is 24.7 Å². The van der Waals surface area contributed by atoms with Gasteiger partial charge in [-0.15, -0.1) is 0 Å². The largest absolute Gasteiger partial charge is 0.496 e. The van der Waals surface area contributed by atoms with Gasteiger partial charge in [-0.1, -0.05) is 0 Å². The van der Waals surface area contributed by atoms with Crippen LogP contribution in [0.4, 0.5) is 17.2 Å². The molecule has 0 amide bonds. The minimum absolute atomic E-state index is 0.197. The highest BCUT2D eigenvalue weighted by molar-refractivity contribution is 7.97. The Morgan fingerprint density at radius 1 is 1.12 bits per heavy atom. The van der Waals surface area contributed by atoms with E-state index in [2.05, 4.69) is 27.3 Å². The number of anilines is 3. The van der Waals surface area contributed by atoms with Crippen LogP contribution in [0.15, 0.2) is 70.5 Å². The van der Waals surface area contributed by atoms with E-state index >= 15 is 0 Å². The molecule has 0 saturated carbocycles. The summed E-state index contributed by atoms with van der Waals surface area (Å²) in [5.74, 6) is 1.19. The molecule has 0 atom stereocenters. The van der Waals surface area contributed by atoms with Gasteiger partial charge in [0.25, 0.3) is 5.56 Å². The van der Waals surface area contributed by atoms with Crippen LogP contribution in [0.3, 0.4) is 0 Å². The van der Waals surface area contributed by atoms with Gasteiger partial charge in [0.05, 0.1) is 36.3 Å². The molecule has 1 aliphatic rings. The number of hydrogen-bond acceptors (Lipinski definition) is 8. The molecule has 0 spiro atoms.